The molecule has 0 unspecified atom stereocenters. The molecule has 2 aromatic carbocycles. The number of rotatable bonds is 2. The van der Waals surface area contributed by atoms with Crippen LogP contribution in [0, 0.1) is 5.82 Å². The van der Waals surface area contributed by atoms with Crippen LogP contribution in [0.15, 0.2) is 40.9 Å². The standard InChI is InChI=1S/C13H8BrClFN5/c14-10-3-2-8(6-11(10)15)21-13(18-19-20-21)9-5-7(16)1-4-12(9)17/h1-6H,17H2. The lowest BCUT2D eigenvalue weighted by Gasteiger charge is -2.08. The summed E-state index contributed by atoms with van der Waals surface area (Å²) in [6.45, 7) is 0. The maximum atomic E-state index is 13.4. The van der Waals surface area contributed by atoms with Crippen molar-refractivity contribution in [2.24, 2.45) is 0 Å². The van der Waals surface area contributed by atoms with Crippen LogP contribution in [-0.4, -0.2) is 20.2 Å². The Morgan fingerprint density at radius 1 is 1.19 bits per heavy atom. The van der Waals surface area contributed by atoms with E-state index < -0.39 is 5.82 Å². The molecule has 1 aromatic heterocycles. The van der Waals surface area contributed by atoms with Gasteiger partial charge in [0.25, 0.3) is 0 Å². The largest absolute Gasteiger partial charge is 0.398 e. The highest BCUT2D eigenvalue weighted by molar-refractivity contribution is 9.10. The van der Waals surface area contributed by atoms with E-state index in [1.807, 2.05) is 0 Å². The Morgan fingerprint density at radius 2 is 2.00 bits per heavy atom. The molecule has 0 saturated carbocycles. The van der Waals surface area contributed by atoms with Gasteiger partial charge in [0.05, 0.1) is 10.7 Å². The zero-order valence-corrected chi connectivity index (χ0v) is 12.8. The van der Waals surface area contributed by atoms with Crippen molar-refractivity contribution in [3.63, 3.8) is 0 Å². The van der Waals surface area contributed by atoms with E-state index >= 15 is 0 Å². The lowest BCUT2D eigenvalue weighted by Crippen LogP contribution is -2.02. The van der Waals surface area contributed by atoms with Gasteiger partial charge < -0.3 is 5.73 Å². The molecule has 2 N–H and O–H groups in total. The van der Waals surface area contributed by atoms with E-state index in [0.29, 0.717) is 27.8 Å². The van der Waals surface area contributed by atoms with Crippen LogP contribution in [0.1, 0.15) is 0 Å². The third-order valence-electron chi connectivity index (χ3n) is 2.87. The van der Waals surface area contributed by atoms with Crippen LogP contribution in [0.25, 0.3) is 17.1 Å². The zero-order valence-electron chi connectivity index (χ0n) is 10.5. The molecule has 0 radical (unpaired) electrons. The molecule has 3 rings (SSSR count). The van der Waals surface area contributed by atoms with E-state index in [2.05, 4.69) is 31.5 Å². The Labute approximate surface area is 132 Å². The minimum Gasteiger partial charge on any atom is -0.398 e. The van der Waals surface area contributed by atoms with Crippen LogP contribution in [0.2, 0.25) is 5.02 Å². The second kappa shape index (κ2) is 5.42. The molecule has 21 heavy (non-hydrogen) atoms. The molecule has 1 heterocycles. The van der Waals surface area contributed by atoms with Crippen LogP contribution in [0.4, 0.5) is 10.1 Å². The topological polar surface area (TPSA) is 69.6 Å². The van der Waals surface area contributed by atoms with Gasteiger partial charge in [-0.15, -0.1) is 5.10 Å². The van der Waals surface area contributed by atoms with Gasteiger partial charge >= 0.3 is 0 Å². The van der Waals surface area contributed by atoms with E-state index in [-0.39, 0.29) is 0 Å². The first-order chi connectivity index (χ1) is 10.1. The number of nitrogens with two attached hydrogens (primary N) is 1. The van der Waals surface area contributed by atoms with E-state index in [9.17, 15) is 4.39 Å². The lowest BCUT2D eigenvalue weighted by atomic mass is 10.1. The summed E-state index contributed by atoms with van der Waals surface area (Å²) in [7, 11) is 0. The van der Waals surface area contributed by atoms with E-state index in [4.69, 9.17) is 17.3 Å². The van der Waals surface area contributed by atoms with E-state index in [0.717, 1.165) is 4.47 Å². The zero-order chi connectivity index (χ0) is 15.0. The van der Waals surface area contributed by atoms with Crippen molar-refractivity contribution in [2.75, 3.05) is 5.73 Å². The first-order valence-corrected chi connectivity index (χ1v) is 7.02. The van der Waals surface area contributed by atoms with Crippen molar-refractivity contribution >= 4 is 33.2 Å². The molecular formula is C13H8BrClFN5. The number of benzene rings is 2. The van der Waals surface area contributed by atoms with Crippen molar-refractivity contribution in [1.82, 2.24) is 20.2 Å². The fraction of sp³-hybridized carbons (Fsp3) is 0. The third kappa shape index (κ3) is 2.62. The average molecular weight is 369 g/mol. The first kappa shape index (κ1) is 14.0. The van der Waals surface area contributed by atoms with E-state index in [1.165, 1.54) is 22.9 Å². The predicted octanol–water partition coefficient (Wildman–Crippen LogP) is 3.47. The van der Waals surface area contributed by atoms with Crippen molar-refractivity contribution in [3.05, 3.63) is 51.7 Å². The molecule has 0 aliphatic rings. The molecule has 8 heteroatoms. The Balaban J connectivity index is 2.17. The highest BCUT2D eigenvalue weighted by Crippen LogP contribution is 2.29. The van der Waals surface area contributed by atoms with Crippen LogP contribution < -0.4 is 5.73 Å². The second-order valence-electron chi connectivity index (χ2n) is 4.24. The SMILES string of the molecule is Nc1ccc(F)cc1-c1nnnn1-c1ccc(Br)c(Cl)c1. The normalized spacial score (nSPS) is 10.8. The monoisotopic (exact) mass is 367 g/mol. The van der Waals surface area contributed by atoms with Crippen molar-refractivity contribution in [1.29, 1.82) is 0 Å². The van der Waals surface area contributed by atoms with Crippen LogP contribution in [-0.2, 0) is 0 Å². The van der Waals surface area contributed by atoms with Gasteiger partial charge in [-0.3, -0.25) is 0 Å². The fourth-order valence-corrected chi connectivity index (χ4v) is 2.29. The number of hydrogen-bond acceptors (Lipinski definition) is 4. The molecule has 0 bridgehead atoms. The number of nitrogen functional groups attached to an aromatic ring is 1. The van der Waals surface area contributed by atoms with Crippen LogP contribution in [0.3, 0.4) is 0 Å². The van der Waals surface area contributed by atoms with Gasteiger partial charge in [-0.05, 0) is 62.8 Å². The highest BCUT2D eigenvalue weighted by atomic mass is 79.9. The summed E-state index contributed by atoms with van der Waals surface area (Å²) >= 11 is 9.39. The molecule has 0 spiro atoms. The minimum absolute atomic E-state index is 0.338. The van der Waals surface area contributed by atoms with Crippen molar-refractivity contribution in [3.8, 4) is 17.1 Å². The van der Waals surface area contributed by atoms with Gasteiger partial charge in [-0.1, -0.05) is 11.6 Å². The van der Waals surface area contributed by atoms with Gasteiger partial charge in [-0.25, -0.2) is 4.39 Å². The molecule has 0 aliphatic heterocycles. The Hall–Kier alpha value is -1.99. The summed E-state index contributed by atoms with van der Waals surface area (Å²) in [5, 5.41) is 12.0. The number of hydrogen-bond donors (Lipinski definition) is 1. The fourth-order valence-electron chi connectivity index (χ4n) is 1.87. The van der Waals surface area contributed by atoms with E-state index in [1.54, 1.807) is 18.2 Å². The van der Waals surface area contributed by atoms with Gasteiger partial charge in [0.1, 0.15) is 5.82 Å². The summed E-state index contributed by atoms with van der Waals surface area (Å²) in [6, 6.07) is 9.30. The average Bonchev–Trinajstić information content (AvgIpc) is 2.93. The van der Waals surface area contributed by atoms with Gasteiger partial charge in [-0.2, -0.15) is 4.68 Å². The molecule has 0 amide bonds. The summed E-state index contributed by atoms with van der Waals surface area (Å²) in [5.41, 5.74) is 7.32. The number of tetrazole rings is 1. The quantitative estimate of drug-likeness (QED) is 0.703. The third-order valence-corrected chi connectivity index (χ3v) is 4.11. The smallest absolute Gasteiger partial charge is 0.189 e. The highest BCUT2D eigenvalue weighted by Gasteiger charge is 2.15. The summed E-state index contributed by atoms with van der Waals surface area (Å²) in [4.78, 5) is 0. The summed E-state index contributed by atoms with van der Waals surface area (Å²) < 4.78 is 15.6. The molecule has 5 nitrogen and oxygen atoms in total. The molecule has 0 atom stereocenters. The van der Waals surface area contributed by atoms with Crippen molar-refractivity contribution < 1.29 is 4.39 Å². The van der Waals surface area contributed by atoms with Crippen LogP contribution >= 0.6 is 27.5 Å². The number of halogens is 3. The first-order valence-electron chi connectivity index (χ1n) is 5.85. The maximum absolute atomic E-state index is 13.4. The number of aromatic nitrogens is 4. The Kier molecular flexibility index (Phi) is 3.60. The Morgan fingerprint density at radius 3 is 2.76 bits per heavy atom. The lowest BCUT2D eigenvalue weighted by molar-refractivity contribution is 0.628. The summed E-state index contributed by atoms with van der Waals surface area (Å²) in [6.07, 6.45) is 0. The second-order valence-corrected chi connectivity index (χ2v) is 5.51. The molecule has 0 fully saturated rings. The molecule has 3 aromatic rings. The number of nitrogens with zero attached hydrogens (tertiary/aromatic N) is 4. The Bertz CT molecular complexity index is 820. The van der Waals surface area contributed by atoms with Gasteiger partial charge in [0, 0.05) is 15.7 Å². The van der Waals surface area contributed by atoms with Gasteiger partial charge in [0.15, 0.2) is 5.82 Å². The minimum atomic E-state index is -0.414. The van der Waals surface area contributed by atoms with Crippen LogP contribution in [0.5, 0.6) is 0 Å². The molecule has 0 aliphatic carbocycles. The predicted molar refractivity (Wildman–Crippen MR) is 81.7 cm³/mol. The number of anilines is 1. The van der Waals surface area contributed by atoms with Crippen molar-refractivity contribution in [2.45, 2.75) is 0 Å². The molecular weight excluding hydrogens is 361 g/mol. The molecule has 0 saturated heterocycles. The maximum Gasteiger partial charge on any atom is 0.189 e. The summed E-state index contributed by atoms with van der Waals surface area (Å²) in [5.74, 6) is -0.0759. The van der Waals surface area contributed by atoms with Gasteiger partial charge in [0.2, 0.25) is 0 Å². The molecule has 106 valence electrons.